The van der Waals surface area contributed by atoms with Crippen molar-refractivity contribution in [1.82, 2.24) is 14.5 Å². The number of nitrogens with zero attached hydrogens (tertiary/aromatic N) is 3. The van der Waals surface area contributed by atoms with E-state index in [1.54, 1.807) is 0 Å². The van der Waals surface area contributed by atoms with Crippen molar-refractivity contribution in [2.75, 3.05) is 5.73 Å². The molecule has 0 saturated carbocycles. The molecule has 0 aliphatic carbocycles. The normalized spacial score (nSPS) is 11.2. The minimum atomic E-state index is 0.515. The highest BCUT2D eigenvalue weighted by Crippen LogP contribution is 2.32. The number of nitrogens with two attached hydrogens (primary N) is 1. The van der Waals surface area contributed by atoms with Gasteiger partial charge in [-0.3, -0.25) is 4.57 Å². The molecule has 2 aromatic heterocycles. The molecule has 4 rings (SSSR count). The van der Waals surface area contributed by atoms with Crippen LogP contribution in [0, 0.1) is 0 Å². The van der Waals surface area contributed by atoms with Gasteiger partial charge in [-0.15, -0.1) is 0 Å². The fourth-order valence-electron chi connectivity index (χ4n) is 2.65. The molecule has 4 heteroatoms. The van der Waals surface area contributed by atoms with Crippen LogP contribution in [0.1, 0.15) is 0 Å². The molecule has 0 atom stereocenters. The topological polar surface area (TPSA) is 56.7 Å². The molecule has 2 N–H and O–H groups in total. The van der Waals surface area contributed by atoms with Crippen molar-refractivity contribution in [3.05, 3.63) is 60.9 Å². The molecule has 0 spiro atoms. The summed E-state index contributed by atoms with van der Waals surface area (Å²) in [6.07, 6.45) is 1.51. The van der Waals surface area contributed by atoms with Crippen LogP contribution in [0.5, 0.6) is 0 Å². The number of anilines is 1. The molecule has 0 aliphatic heterocycles. The maximum Gasteiger partial charge on any atom is 0.151 e. The van der Waals surface area contributed by atoms with Crippen LogP contribution in [0.15, 0.2) is 60.9 Å². The minimum absolute atomic E-state index is 0.515. The lowest BCUT2D eigenvalue weighted by Crippen LogP contribution is -1.97. The summed E-state index contributed by atoms with van der Waals surface area (Å²) in [4.78, 5) is 8.55. The van der Waals surface area contributed by atoms with Crippen molar-refractivity contribution in [2.24, 2.45) is 0 Å². The van der Waals surface area contributed by atoms with Crippen molar-refractivity contribution in [3.63, 3.8) is 0 Å². The predicted molar refractivity (Wildman–Crippen MR) is 80.8 cm³/mol. The maximum atomic E-state index is 6.05. The number of aromatic nitrogens is 3. The number of fused-ring (bicyclic) bond motifs is 3. The SMILES string of the molecule is Nc1ncnc2c1c1ccccc1n2-c1ccccc1. The quantitative estimate of drug-likeness (QED) is 0.572. The summed E-state index contributed by atoms with van der Waals surface area (Å²) < 4.78 is 2.11. The highest BCUT2D eigenvalue weighted by Gasteiger charge is 2.14. The van der Waals surface area contributed by atoms with Crippen molar-refractivity contribution in [3.8, 4) is 5.69 Å². The molecule has 0 bridgehead atoms. The Balaban J connectivity index is 2.26. The van der Waals surface area contributed by atoms with E-state index in [1.165, 1.54) is 6.33 Å². The van der Waals surface area contributed by atoms with Gasteiger partial charge in [0.1, 0.15) is 12.1 Å². The van der Waals surface area contributed by atoms with Gasteiger partial charge in [0.05, 0.1) is 10.9 Å². The van der Waals surface area contributed by atoms with E-state index in [0.29, 0.717) is 5.82 Å². The van der Waals surface area contributed by atoms with Gasteiger partial charge in [0.25, 0.3) is 0 Å². The molecule has 0 aliphatic rings. The third kappa shape index (κ3) is 1.42. The van der Waals surface area contributed by atoms with E-state index in [0.717, 1.165) is 27.6 Å². The number of para-hydroxylation sites is 2. The van der Waals surface area contributed by atoms with E-state index in [-0.39, 0.29) is 0 Å². The predicted octanol–water partition coefficient (Wildman–Crippen LogP) is 3.16. The van der Waals surface area contributed by atoms with Gasteiger partial charge in [-0.25, -0.2) is 9.97 Å². The summed E-state index contributed by atoms with van der Waals surface area (Å²) in [5.41, 5.74) is 9.04. The molecule has 0 saturated heterocycles. The lowest BCUT2D eigenvalue weighted by atomic mass is 10.2. The van der Waals surface area contributed by atoms with Gasteiger partial charge in [-0.05, 0) is 18.2 Å². The van der Waals surface area contributed by atoms with Crippen molar-refractivity contribution >= 4 is 27.8 Å². The van der Waals surface area contributed by atoms with Gasteiger partial charge >= 0.3 is 0 Å². The van der Waals surface area contributed by atoms with E-state index in [9.17, 15) is 0 Å². The molecule has 0 radical (unpaired) electrons. The summed E-state index contributed by atoms with van der Waals surface area (Å²) in [5, 5.41) is 1.98. The second kappa shape index (κ2) is 4.06. The number of rotatable bonds is 1. The van der Waals surface area contributed by atoms with Gasteiger partial charge < -0.3 is 5.73 Å². The average molecular weight is 260 g/mol. The van der Waals surface area contributed by atoms with E-state index in [2.05, 4.69) is 38.8 Å². The van der Waals surface area contributed by atoms with E-state index in [1.807, 2.05) is 30.3 Å². The Bertz CT molecular complexity index is 910. The minimum Gasteiger partial charge on any atom is -0.383 e. The van der Waals surface area contributed by atoms with Crippen LogP contribution in [0.4, 0.5) is 5.82 Å². The summed E-state index contributed by atoms with van der Waals surface area (Å²) in [6.45, 7) is 0. The summed E-state index contributed by atoms with van der Waals surface area (Å²) >= 11 is 0. The number of hydrogen-bond donors (Lipinski definition) is 1. The Hall–Kier alpha value is -2.88. The van der Waals surface area contributed by atoms with Crippen LogP contribution in [0.3, 0.4) is 0 Å². The Morgan fingerprint density at radius 2 is 1.60 bits per heavy atom. The third-order valence-corrected chi connectivity index (χ3v) is 3.50. The third-order valence-electron chi connectivity index (χ3n) is 3.50. The number of hydrogen-bond acceptors (Lipinski definition) is 3. The number of benzene rings is 2. The van der Waals surface area contributed by atoms with Crippen LogP contribution in [0.25, 0.3) is 27.6 Å². The van der Waals surface area contributed by atoms with E-state index < -0.39 is 0 Å². The van der Waals surface area contributed by atoms with E-state index >= 15 is 0 Å². The fourth-order valence-corrected chi connectivity index (χ4v) is 2.65. The zero-order chi connectivity index (χ0) is 13.5. The first kappa shape index (κ1) is 11.0. The van der Waals surface area contributed by atoms with Crippen molar-refractivity contribution in [2.45, 2.75) is 0 Å². The largest absolute Gasteiger partial charge is 0.383 e. The van der Waals surface area contributed by atoms with E-state index in [4.69, 9.17) is 5.73 Å². The van der Waals surface area contributed by atoms with Gasteiger partial charge in [-0.1, -0.05) is 36.4 Å². The maximum absolute atomic E-state index is 6.05. The molecular formula is C16H12N4. The smallest absolute Gasteiger partial charge is 0.151 e. The lowest BCUT2D eigenvalue weighted by Gasteiger charge is -2.06. The Kier molecular flexibility index (Phi) is 2.23. The van der Waals surface area contributed by atoms with Crippen LogP contribution >= 0.6 is 0 Å². The van der Waals surface area contributed by atoms with Gasteiger partial charge in [-0.2, -0.15) is 0 Å². The highest BCUT2D eigenvalue weighted by molar-refractivity contribution is 6.12. The van der Waals surface area contributed by atoms with Crippen LogP contribution in [0.2, 0.25) is 0 Å². The van der Waals surface area contributed by atoms with Crippen molar-refractivity contribution < 1.29 is 0 Å². The molecular weight excluding hydrogens is 248 g/mol. The van der Waals surface area contributed by atoms with Crippen LogP contribution in [-0.2, 0) is 0 Å². The first-order valence-electron chi connectivity index (χ1n) is 6.41. The summed E-state index contributed by atoms with van der Waals surface area (Å²) in [6, 6.07) is 18.3. The molecule has 2 aromatic carbocycles. The second-order valence-corrected chi connectivity index (χ2v) is 4.65. The standard InChI is InChI=1S/C16H12N4/c17-15-14-12-8-4-5-9-13(12)20(16(14)19-10-18-15)11-6-2-1-3-7-11/h1-10H,(H2,17,18,19). The van der Waals surface area contributed by atoms with Gasteiger partial charge in [0.2, 0.25) is 0 Å². The molecule has 0 amide bonds. The van der Waals surface area contributed by atoms with Crippen molar-refractivity contribution in [1.29, 1.82) is 0 Å². The monoisotopic (exact) mass is 260 g/mol. The van der Waals surface area contributed by atoms with Gasteiger partial charge in [0, 0.05) is 11.1 Å². The first-order valence-corrected chi connectivity index (χ1v) is 6.41. The number of nitrogen functional groups attached to an aromatic ring is 1. The molecule has 2 heterocycles. The Morgan fingerprint density at radius 3 is 2.45 bits per heavy atom. The molecule has 0 unspecified atom stereocenters. The molecule has 4 nitrogen and oxygen atoms in total. The zero-order valence-corrected chi connectivity index (χ0v) is 10.7. The molecule has 4 aromatic rings. The van der Waals surface area contributed by atoms with Crippen LogP contribution in [-0.4, -0.2) is 14.5 Å². The average Bonchev–Trinajstić information content (AvgIpc) is 2.84. The molecule has 0 fully saturated rings. The van der Waals surface area contributed by atoms with Gasteiger partial charge in [0.15, 0.2) is 5.65 Å². The summed E-state index contributed by atoms with van der Waals surface area (Å²) in [5.74, 6) is 0.515. The fraction of sp³-hybridized carbons (Fsp3) is 0. The second-order valence-electron chi connectivity index (χ2n) is 4.65. The Morgan fingerprint density at radius 1 is 0.850 bits per heavy atom. The van der Waals surface area contributed by atoms with Crippen LogP contribution < -0.4 is 5.73 Å². The first-order chi connectivity index (χ1) is 9.86. The Labute approximate surface area is 115 Å². The molecule has 20 heavy (non-hydrogen) atoms. The lowest BCUT2D eigenvalue weighted by molar-refractivity contribution is 1.11. The molecule has 96 valence electrons. The zero-order valence-electron chi connectivity index (χ0n) is 10.7. The summed E-state index contributed by atoms with van der Waals surface area (Å²) in [7, 11) is 0. The highest BCUT2D eigenvalue weighted by atomic mass is 15.1.